The summed E-state index contributed by atoms with van der Waals surface area (Å²) in [4.78, 5) is 0. The van der Waals surface area contributed by atoms with Gasteiger partial charge in [-0.3, -0.25) is 0 Å². The Morgan fingerprint density at radius 1 is 1.24 bits per heavy atom. The van der Waals surface area contributed by atoms with Crippen LogP contribution in [0, 0.1) is 23.0 Å². The van der Waals surface area contributed by atoms with Gasteiger partial charge in [0, 0.05) is 0 Å². The Hall–Kier alpha value is -2.64. The van der Waals surface area contributed by atoms with E-state index in [1.54, 1.807) is 24.3 Å². The Balaban J connectivity index is 1.47. The van der Waals surface area contributed by atoms with Gasteiger partial charge in [-0.1, -0.05) is 18.6 Å². The van der Waals surface area contributed by atoms with Gasteiger partial charge in [-0.05, 0) is 96.9 Å². The van der Waals surface area contributed by atoms with Crippen molar-refractivity contribution in [2.45, 2.75) is 38.7 Å². The third-order valence-electron chi connectivity index (χ3n) is 7.35. The Kier molecular flexibility index (Phi) is 6.25. The zero-order chi connectivity index (χ0) is 23.9. The van der Waals surface area contributed by atoms with E-state index in [0.717, 1.165) is 42.6 Å². The summed E-state index contributed by atoms with van der Waals surface area (Å²) in [5.41, 5.74) is 4.68. The number of rotatable bonds is 6. The van der Waals surface area contributed by atoms with Gasteiger partial charge in [-0.25, -0.2) is 13.5 Å². The molecule has 5 rings (SSSR count). The second kappa shape index (κ2) is 9.19. The first-order valence-electron chi connectivity index (χ1n) is 11.5. The predicted molar refractivity (Wildman–Crippen MR) is 131 cm³/mol. The molecule has 0 bridgehead atoms. The van der Waals surface area contributed by atoms with Gasteiger partial charge >= 0.3 is 0 Å². The van der Waals surface area contributed by atoms with E-state index in [9.17, 15) is 13.9 Å². The van der Waals surface area contributed by atoms with Crippen molar-refractivity contribution in [1.29, 1.82) is 0 Å². The minimum Gasteiger partial charge on any atom is -0.480 e. The molecule has 178 valence electrons. The average Bonchev–Trinajstić information content (AvgIpc) is 3.23. The third-order valence-corrected chi connectivity index (χ3v) is 7.70. The van der Waals surface area contributed by atoms with Crippen molar-refractivity contribution >= 4 is 17.8 Å². The van der Waals surface area contributed by atoms with Crippen LogP contribution in [0.15, 0.2) is 54.2 Å². The third kappa shape index (κ3) is 4.05. The van der Waals surface area contributed by atoms with Crippen LogP contribution < -0.4 is 4.74 Å². The summed E-state index contributed by atoms with van der Waals surface area (Å²) in [6.45, 7) is 2.22. The molecule has 7 heteroatoms. The number of hydrogen-bond acceptors (Lipinski definition) is 4. The summed E-state index contributed by atoms with van der Waals surface area (Å²) in [6, 6.07) is 11.0. The number of thioether (sulfide) groups is 1. The molecule has 2 aromatic carbocycles. The maximum absolute atomic E-state index is 14.2. The molecule has 0 aliphatic heterocycles. The normalized spacial score (nSPS) is 22.5. The second-order valence-electron chi connectivity index (χ2n) is 9.39. The van der Waals surface area contributed by atoms with Crippen LogP contribution in [-0.4, -0.2) is 27.1 Å². The molecule has 0 saturated heterocycles. The summed E-state index contributed by atoms with van der Waals surface area (Å²) in [5, 5.41) is 16.1. The molecule has 0 spiro atoms. The van der Waals surface area contributed by atoms with Gasteiger partial charge in [0.25, 0.3) is 0 Å². The first-order chi connectivity index (χ1) is 16.4. The number of halogens is 2. The van der Waals surface area contributed by atoms with E-state index in [0.29, 0.717) is 11.5 Å². The molecule has 4 nitrogen and oxygen atoms in total. The maximum atomic E-state index is 14.2. The molecule has 1 fully saturated rings. The Bertz CT molecular complexity index is 1220. The van der Waals surface area contributed by atoms with Gasteiger partial charge in [0.15, 0.2) is 11.6 Å². The van der Waals surface area contributed by atoms with Crippen LogP contribution in [0.3, 0.4) is 0 Å². The Morgan fingerprint density at radius 2 is 2.03 bits per heavy atom. The second-order valence-corrected chi connectivity index (χ2v) is 10.2. The lowest BCUT2D eigenvalue weighted by Crippen LogP contribution is -2.40. The SMILES string of the molecule is CSCOc1cc([C@H](O)[C@H]2CCCC3=Cc4c(cnn4-c4ccc(F)cc4)C[C@@]32C)ccc1F. The van der Waals surface area contributed by atoms with E-state index >= 15 is 0 Å². The highest BCUT2D eigenvalue weighted by Crippen LogP contribution is 2.55. The molecule has 2 aliphatic carbocycles. The zero-order valence-electron chi connectivity index (χ0n) is 19.3. The van der Waals surface area contributed by atoms with Gasteiger partial charge in [-0.2, -0.15) is 5.10 Å². The monoisotopic (exact) mass is 482 g/mol. The summed E-state index contributed by atoms with van der Waals surface area (Å²) in [6.07, 6.45) is 8.80. The van der Waals surface area contributed by atoms with Crippen LogP contribution >= 0.6 is 11.8 Å². The lowest BCUT2D eigenvalue weighted by molar-refractivity contribution is 0.0215. The van der Waals surface area contributed by atoms with Crippen molar-refractivity contribution in [2.75, 3.05) is 12.2 Å². The molecule has 2 aliphatic rings. The number of ether oxygens (including phenoxy) is 1. The molecule has 0 amide bonds. The highest BCUT2D eigenvalue weighted by Gasteiger charge is 2.46. The minimum atomic E-state index is -0.736. The molecule has 34 heavy (non-hydrogen) atoms. The average molecular weight is 483 g/mol. The lowest BCUT2D eigenvalue weighted by Gasteiger charge is -2.47. The number of aliphatic hydroxyl groups is 1. The maximum Gasteiger partial charge on any atom is 0.165 e. The van der Waals surface area contributed by atoms with E-state index in [1.165, 1.54) is 35.5 Å². The number of nitrogens with zero attached hydrogens (tertiary/aromatic N) is 2. The summed E-state index contributed by atoms with van der Waals surface area (Å²) >= 11 is 1.47. The molecular weight excluding hydrogens is 454 g/mol. The number of benzene rings is 2. The highest BCUT2D eigenvalue weighted by molar-refractivity contribution is 7.98. The lowest BCUT2D eigenvalue weighted by atomic mass is 9.57. The molecule has 1 N–H and O–H groups in total. The highest BCUT2D eigenvalue weighted by atomic mass is 32.2. The molecule has 1 saturated carbocycles. The fourth-order valence-corrected chi connectivity index (χ4v) is 5.79. The number of fused-ring (bicyclic) bond motifs is 2. The molecule has 1 aromatic heterocycles. The largest absolute Gasteiger partial charge is 0.480 e. The van der Waals surface area contributed by atoms with Gasteiger partial charge in [0.05, 0.1) is 23.7 Å². The van der Waals surface area contributed by atoms with Crippen LogP contribution in [0.2, 0.25) is 0 Å². The summed E-state index contributed by atoms with van der Waals surface area (Å²) in [5.74, 6) is -0.188. The molecular formula is C27H28F2N2O2S. The Morgan fingerprint density at radius 3 is 2.79 bits per heavy atom. The molecule has 1 heterocycles. The standard InChI is InChI=1S/C27H28F2N2O2S/c1-27-14-18-15-30-31(21-9-7-20(28)8-10-21)24(18)13-19(27)4-3-5-22(27)26(32)17-6-11-23(29)25(12-17)33-16-34-2/h6-13,15,22,26,32H,3-5,14,16H2,1-2H3/t22-,26+,27+/m1/s1. The topological polar surface area (TPSA) is 47.3 Å². The van der Waals surface area contributed by atoms with Crippen LogP contribution in [0.4, 0.5) is 8.78 Å². The minimum absolute atomic E-state index is 0.0197. The Labute approximate surface area is 202 Å². The smallest absolute Gasteiger partial charge is 0.165 e. The van der Waals surface area contributed by atoms with Crippen molar-refractivity contribution in [2.24, 2.45) is 11.3 Å². The van der Waals surface area contributed by atoms with Gasteiger partial charge in [-0.15, -0.1) is 11.8 Å². The van der Waals surface area contributed by atoms with Crippen LogP contribution in [0.1, 0.15) is 49.1 Å². The zero-order valence-corrected chi connectivity index (χ0v) is 20.1. The number of allylic oxidation sites excluding steroid dienone is 1. The van der Waals surface area contributed by atoms with E-state index in [-0.39, 0.29) is 22.9 Å². The molecule has 0 unspecified atom stereocenters. The molecule has 0 radical (unpaired) electrons. The number of aliphatic hydroxyl groups excluding tert-OH is 1. The van der Waals surface area contributed by atoms with Crippen LogP contribution in [0.5, 0.6) is 5.75 Å². The first kappa shape index (κ1) is 23.1. The summed E-state index contributed by atoms with van der Waals surface area (Å²) in [7, 11) is 0. The number of aromatic nitrogens is 2. The van der Waals surface area contributed by atoms with Gasteiger partial charge in [0.1, 0.15) is 11.8 Å². The fraction of sp³-hybridized carbons (Fsp3) is 0.370. The quantitative estimate of drug-likeness (QED) is 0.417. The van der Waals surface area contributed by atoms with Crippen LogP contribution in [0.25, 0.3) is 11.8 Å². The predicted octanol–water partition coefficient (Wildman–Crippen LogP) is 6.33. The fourth-order valence-electron chi connectivity index (χ4n) is 5.54. The van der Waals surface area contributed by atoms with Crippen molar-refractivity contribution in [3.05, 3.63) is 82.7 Å². The van der Waals surface area contributed by atoms with Crippen molar-refractivity contribution in [3.8, 4) is 11.4 Å². The molecule has 3 aromatic rings. The van der Waals surface area contributed by atoms with Crippen molar-refractivity contribution in [1.82, 2.24) is 9.78 Å². The van der Waals surface area contributed by atoms with Crippen molar-refractivity contribution in [3.63, 3.8) is 0 Å². The first-order valence-corrected chi connectivity index (χ1v) is 12.9. The number of hydrogen-bond donors (Lipinski definition) is 1. The molecule has 3 atom stereocenters. The van der Waals surface area contributed by atoms with Crippen LogP contribution in [-0.2, 0) is 6.42 Å². The van der Waals surface area contributed by atoms with Gasteiger partial charge in [0.2, 0.25) is 0 Å². The van der Waals surface area contributed by atoms with E-state index in [1.807, 2.05) is 17.1 Å². The summed E-state index contributed by atoms with van der Waals surface area (Å²) < 4.78 is 35.0. The van der Waals surface area contributed by atoms with Gasteiger partial charge < -0.3 is 9.84 Å². The van der Waals surface area contributed by atoms with E-state index in [2.05, 4.69) is 18.1 Å². The van der Waals surface area contributed by atoms with Crippen molar-refractivity contribution < 1.29 is 18.6 Å². The van der Waals surface area contributed by atoms with E-state index in [4.69, 9.17) is 4.74 Å². The van der Waals surface area contributed by atoms with E-state index < -0.39 is 11.9 Å².